The van der Waals surface area contributed by atoms with Gasteiger partial charge in [-0.2, -0.15) is 5.10 Å². The van der Waals surface area contributed by atoms with E-state index in [0.29, 0.717) is 5.92 Å². The summed E-state index contributed by atoms with van der Waals surface area (Å²) in [6.07, 6.45) is 5.65. The van der Waals surface area contributed by atoms with Gasteiger partial charge >= 0.3 is 0 Å². The number of hydrogen-bond donors (Lipinski definition) is 1. The molecule has 0 atom stereocenters. The summed E-state index contributed by atoms with van der Waals surface area (Å²) in [5.74, 6) is 1.39. The van der Waals surface area contributed by atoms with Crippen molar-refractivity contribution in [3.8, 4) is 11.1 Å². The predicted octanol–water partition coefficient (Wildman–Crippen LogP) is 2.65. The van der Waals surface area contributed by atoms with Crippen LogP contribution in [-0.2, 0) is 13.5 Å². The number of rotatable bonds is 4. The summed E-state index contributed by atoms with van der Waals surface area (Å²) in [5, 5.41) is 4.53. The molecule has 0 fully saturated rings. The van der Waals surface area contributed by atoms with Crippen LogP contribution in [0.25, 0.3) is 11.1 Å². The average molecular weight is 244 g/mol. The van der Waals surface area contributed by atoms with E-state index in [4.69, 9.17) is 5.73 Å². The molecule has 0 saturated carbocycles. The van der Waals surface area contributed by atoms with Crippen LogP contribution in [0.3, 0.4) is 0 Å². The molecular weight excluding hydrogens is 224 g/mol. The van der Waals surface area contributed by atoms with Crippen LogP contribution in [-0.4, -0.2) is 14.8 Å². The highest BCUT2D eigenvalue weighted by atomic mass is 15.3. The molecule has 96 valence electrons. The van der Waals surface area contributed by atoms with Crippen molar-refractivity contribution in [1.82, 2.24) is 14.8 Å². The van der Waals surface area contributed by atoms with Gasteiger partial charge in [0, 0.05) is 25.0 Å². The van der Waals surface area contributed by atoms with Gasteiger partial charge in [-0.15, -0.1) is 0 Å². The number of nitrogens with two attached hydrogens (primary N) is 1. The third-order valence-electron chi connectivity index (χ3n) is 3.09. The van der Waals surface area contributed by atoms with Crippen molar-refractivity contribution < 1.29 is 0 Å². The molecule has 18 heavy (non-hydrogen) atoms. The van der Waals surface area contributed by atoms with Crippen molar-refractivity contribution in [3.63, 3.8) is 0 Å². The summed E-state index contributed by atoms with van der Waals surface area (Å²) in [6.45, 7) is 4.44. The van der Waals surface area contributed by atoms with Gasteiger partial charge in [-0.25, -0.2) is 0 Å². The molecule has 0 amide bonds. The molecule has 2 N–H and O–H groups in total. The zero-order chi connectivity index (χ0) is 13.1. The van der Waals surface area contributed by atoms with Crippen molar-refractivity contribution in [2.75, 3.05) is 5.73 Å². The van der Waals surface area contributed by atoms with Gasteiger partial charge < -0.3 is 5.73 Å². The molecule has 0 aliphatic rings. The Kier molecular flexibility index (Phi) is 3.65. The molecule has 0 aliphatic carbocycles. The molecule has 0 bridgehead atoms. The molecule has 2 rings (SSSR count). The second kappa shape index (κ2) is 5.21. The lowest BCUT2D eigenvalue weighted by atomic mass is 10.0. The molecule has 4 heteroatoms. The Bertz CT molecular complexity index is 514. The fraction of sp³-hybridized carbons (Fsp3) is 0.429. The van der Waals surface area contributed by atoms with Gasteiger partial charge in [0.2, 0.25) is 0 Å². The third-order valence-corrected chi connectivity index (χ3v) is 3.09. The van der Waals surface area contributed by atoms with E-state index in [1.54, 1.807) is 17.1 Å². The minimum atomic E-state index is 0.665. The van der Waals surface area contributed by atoms with Gasteiger partial charge in [0.05, 0.1) is 5.69 Å². The van der Waals surface area contributed by atoms with Crippen LogP contribution in [0.4, 0.5) is 5.82 Å². The first-order valence-corrected chi connectivity index (χ1v) is 6.31. The zero-order valence-electron chi connectivity index (χ0n) is 11.2. The van der Waals surface area contributed by atoms with Gasteiger partial charge in [0.1, 0.15) is 5.82 Å². The summed E-state index contributed by atoms with van der Waals surface area (Å²) in [7, 11) is 1.89. The quantitative estimate of drug-likeness (QED) is 0.899. The molecule has 2 aromatic rings. The van der Waals surface area contributed by atoms with Crippen LogP contribution in [0, 0.1) is 5.92 Å². The van der Waals surface area contributed by atoms with E-state index in [1.807, 2.05) is 19.2 Å². The summed E-state index contributed by atoms with van der Waals surface area (Å²) >= 11 is 0. The van der Waals surface area contributed by atoms with Crippen LogP contribution < -0.4 is 5.73 Å². The highest BCUT2D eigenvalue weighted by Crippen LogP contribution is 2.30. The van der Waals surface area contributed by atoms with Crippen molar-refractivity contribution in [2.45, 2.75) is 26.7 Å². The summed E-state index contributed by atoms with van der Waals surface area (Å²) < 4.78 is 1.76. The van der Waals surface area contributed by atoms with Crippen LogP contribution in [0.2, 0.25) is 0 Å². The maximum absolute atomic E-state index is 6.12. The molecule has 0 saturated heterocycles. The first-order valence-electron chi connectivity index (χ1n) is 6.31. The molecule has 0 aliphatic heterocycles. The smallest absolute Gasteiger partial charge is 0.129 e. The van der Waals surface area contributed by atoms with Crippen LogP contribution in [0.1, 0.15) is 26.0 Å². The normalized spacial score (nSPS) is 11.1. The molecule has 2 heterocycles. The third kappa shape index (κ3) is 2.53. The fourth-order valence-corrected chi connectivity index (χ4v) is 2.03. The van der Waals surface area contributed by atoms with E-state index in [9.17, 15) is 0 Å². The molecule has 0 aromatic carbocycles. The maximum Gasteiger partial charge on any atom is 0.129 e. The van der Waals surface area contributed by atoms with Crippen molar-refractivity contribution in [3.05, 3.63) is 30.2 Å². The van der Waals surface area contributed by atoms with E-state index in [0.717, 1.165) is 35.5 Å². The number of pyridine rings is 1. The predicted molar refractivity (Wildman–Crippen MR) is 74.0 cm³/mol. The lowest BCUT2D eigenvalue weighted by molar-refractivity contribution is 0.577. The van der Waals surface area contributed by atoms with Gasteiger partial charge in [-0.1, -0.05) is 13.8 Å². The van der Waals surface area contributed by atoms with E-state index >= 15 is 0 Å². The molecular formula is C14H20N4. The van der Waals surface area contributed by atoms with E-state index in [1.165, 1.54) is 0 Å². The maximum atomic E-state index is 6.12. The number of aryl methyl sites for hydroxylation is 2. The van der Waals surface area contributed by atoms with Crippen LogP contribution in [0.5, 0.6) is 0 Å². The molecule has 0 spiro atoms. The molecule has 0 radical (unpaired) electrons. The first kappa shape index (κ1) is 12.6. The Labute approximate surface area is 108 Å². The van der Waals surface area contributed by atoms with Crippen molar-refractivity contribution >= 4 is 5.82 Å². The molecule has 4 nitrogen and oxygen atoms in total. The first-order chi connectivity index (χ1) is 8.59. The highest BCUT2D eigenvalue weighted by molar-refractivity contribution is 5.76. The van der Waals surface area contributed by atoms with Crippen LogP contribution >= 0.6 is 0 Å². The molecule has 2 aromatic heterocycles. The Balaban J connectivity index is 2.39. The number of nitrogens with zero attached hydrogens (tertiary/aromatic N) is 3. The molecule has 0 unspecified atom stereocenters. The number of hydrogen-bond acceptors (Lipinski definition) is 3. The van der Waals surface area contributed by atoms with Crippen LogP contribution in [0.15, 0.2) is 24.5 Å². The Morgan fingerprint density at radius 1 is 1.28 bits per heavy atom. The summed E-state index contributed by atoms with van der Waals surface area (Å²) in [6, 6.07) is 3.96. The zero-order valence-corrected chi connectivity index (χ0v) is 11.2. The van der Waals surface area contributed by atoms with Crippen molar-refractivity contribution in [1.29, 1.82) is 0 Å². The van der Waals surface area contributed by atoms with Gasteiger partial charge in [-0.05, 0) is 36.5 Å². The topological polar surface area (TPSA) is 56.7 Å². The number of aromatic nitrogens is 3. The number of nitrogen functional groups attached to an aromatic ring is 1. The Hall–Kier alpha value is -1.84. The summed E-state index contributed by atoms with van der Waals surface area (Å²) in [5.41, 5.74) is 9.35. The average Bonchev–Trinajstić information content (AvgIpc) is 2.64. The summed E-state index contributed by atoms with van der Waals surface area (Å²) in [4.78, 5) is 4.04. The Morgan fingerprint density at radius 2 is 1.94 bits per heavy atom. The fourth-order valence-electron chi connectivity index (χ4n) is 2.03. The van der Waals surface area contributed by atoms with Gasteiger partial charge in [-0.3, -0.25) is 9.67 Å². The van der Waals surface area contributed by atoms with E-state index in [-0.39, 0.29) is 0 Å². The van der Waals surface area contributed by atoms with E-state index < -0.39 is 0 Å². The van der Waals surface area contributed by atoms with E-state index in [2.05, 4.69) is 23.9 Å². The standard InChI is InChI=1S/C14H20N4/c1-10(2)4-5-12-13(14(15)18(3)17-12)11-6-8-16-9-7-11/h6-10H,4-5,15H2,1-3H3. The lowest BCUT2D eigenvalue weighted by Crippen LogP contribution is -1.98. The SMILES string of the molecule is CC(C)CCc1nn(C)c(N)c1-c1ccncc1. The minimum absolute atomic E-state index is 0.665. The number of anilines is 1. The largest absolute Gasteiger partial charge is 0.383 e. The minimum Gasteiger partial charge on any atom is -0.383 e. The highest BCUT2D eigenvalue weighted by Gasteiger charge is 2.15. The lowest BCUT2D eigenvalue weighted by Gasteiger charge is -2.05. The van der Waals surface area contributed by atoms with Gasteiger partial charge in [0.15, 0.2) is 0 Å². The monoisotopic (exact) mass is 244 g/mol. The Morgan fingerprint density at radius 3 is 2.56 bits per heavy atom. The second-order valence-electron chi connectivity index (χ2n) is 5.00. The van der Waals surface area contributed by atoms with Gasteiger partial charge in [0.25, 0.3) is 0 Å². The van der Waals surface area contributed by atoms with Crippen molar-refractivity contribution in [2.24, 2.45) is 13.0 Å². The second-order valence-corrected chi connectivity index (χ2v) is 5.00.